The predicted octanol–water partition coefficient (Wildman–Crippen LogP) is 3.33. The Balaban J connectivity index is 0.000000287. The Bertz CT molecular complexity index is 473. The van der Waals surface area contributed by atoms with Crippen molar-refractivity contribution in [2.24, 2.45) is 0 Å². The first-order chi connectivity index (χ1) is 10.5. The number of benzene rings is 1. The van der Waals surface area contributed by atoms with Crippen molar-refractivity contribution in [2.75, 3.05) is 19.0 Å². The maximum atomic E-state index is 12.7. The second-order valence-electron chi connectivity index (χ2n) is 4.89. The van der Waals surface area contributed by atoms with Gasteiger partial charge in [-0.1, -0.05) is 18.2 Å². The molecule has 0 saturated carbocycles. The summed E-state index contributed by atoms with van der Waals surface area (Å²) in [6.45, 7) is 4.93. The van der Waals surface area contributed by atoms with Crippen LogP contribution in [0.5, 0.6) is 0 Å². The van der Waals surface area contributed by atoms with Gasteiger partial charge in [-0.3, -0.25) is 0 Å². The van der Waals surface area contributed by atoms with Gasteiger partial charge in [0.05, 0.1) is 12.2 Å². The number of ether oxygens (including phenoxy) is 1. The van der Waals surface area contributed by atoms with E-state index < -0.39 is 5.60 Å². The van der Waals surface area contributed by atoms with Crippen LogP contribution in [0.15, 0.2) is 36.9 Å². The average molecular weight is 330 g/mol. The zero-order chi connectivity index (χ0) is 16.4. The standard InChI is InChI=1S/C12H14ClFO.C4H7NO2/c1-2-7-12(15,8-9-13)10-3-5-11(14)6-4-10;6-4-5-2-1-3-7-4/h2-6,15H,1,7-9H2;1-3H2,(H,5,6). The zero-order valence-electron chi connectivity index (χ0n) is 12.4. The molecule has 6 heteroatoms. The van der Waals surface area contributed by atoms with Crippen LogP contribution in [0.3, 0.4) is 0 Å². The molecule has 1 aliphatic heterocycles. The highest BCUT2D eigenvalue weighted by Gasteiger charge is 2.26. The lowest BCUT2D eigenvalue weighted by atomic mass is 9.88. The summed E-state index contributed by atoms with van der Waals surface area (Å²) in [6, 6.07) is 5.81. The highest BCUT2D eigenvalue weighted by molar-refractivity contribution is 6.17. The fourth-order valence-corrected chi connectivity index (χ4v) is 2.31. The minimum atomic E-state index is -1.03. The van der Waals surface area contributed by atoms with Gasteiger partial charge in [-0.05, 0) is 37.0 Å². The maximum Gasteiger partial charge on any atom is 0.407 e. The number of rotatable bonds is 5. The summed E-state index contributed by atoms with van der Waals surface area (Å²) < 4.78 is 17.2. The molecule has 0 spiro atoms. The van der Waals surface area contributed by atoms with Crippen LogP contribution in [0, 0.1) is 5.82 Å². The molecular weight excluding hydrogens is 309 g/mol. The molecule has 4 nitrogen and oxygen atoms in total. The highest BCUT2D eigenvalue weighted by Crippen LogP contribution is 2.29. The predicted molar refractivity (Wildman–Crippen MR) is 84.4 cm³/mol. The first kappa shape index (κ1) is 18.5. The number of carbonyl (C=O) groups is 1. The smallest absolute Gasteiger partial charge is 0.407 e. The van der Waals surface area contributed by atoms with Gasteiger partial charge in [0.15, 0.2) is 0 Å². The molecular formula is C16H21ClFNO3. The van der Waals surface area contributed by atoms with Crippen LogP contribution < -0.4 is 5.32 Å². The second-order valence-corrected chi connectivity index (χ2v) is 5.26. The molecule has 1 unspecified atom stereocenters. The molecule has 1 amide bonds. The molecule has 122 valence electrons. The minimum absolute atomic E-state index is 0.286. The topological polar surface area (TPSA) is 58.6 Å². The Morgan fingerprint density at radius 3 is 2.55 bits per heavy atom. The molecule has 2 N–H and O–H groups in total. The summed E-state index contributed by atoms with van der Waals surface area (Å²) in [5, 5.41) is 12.8. The summed E-state index contributed by atoms with van der Waals surface area (Å²) in [6.07, 6.45) is 3.12. The second kappa shape index (κ2) is 9.43. The number of aliphatic hydroxyl groups is 1. The fraction of sp³-hybridized carbons (Fsp3) is 0.438. The quantitative estimate of drug-likeness (QED) is 0.643. The largest absolute Gasteiger partial charge is 0.449 e. The van der Waals surface area contributed by atoms with Gasteiger partial charge in [0, 0.05) is 12.4 Å². The van der Waals surface area contributed by atoms with Crippen LogP contribution in [0.25, 0.3) is 0 Å². The first-order valence-corrected chi connectivity index (χ1v) is 7.61. The number of alkyl halides is 1. The Hall–Kier alpha value is -1.59. The van der Waals surface area contributed by atoms with Gasteiger partial charge in [0.1, 0.15) is 5.82 Å². The third-order valence-electron chi connectivity index (χ3n) is 3.20. The number of alkyl carbamates (subject to hydrolysis) is 1. The number of carbonyl (C=O) groups excluding carboxylic acids is 1. The van der Waals surface area contributed by atoms with Crippen LogP contribution >= 0.6 is 11.6 Å². The number of nitrogens with one attached hydrogen (secondary N) is 1. The van der Waals surface area contributed by atoms with E-state index >= 15 is 0 Å². The Morgan fingerprint density at radius 1 is 1.45 bits per heavy atom. The lowest BCUT2D eigenvalue weighted by Gasteiger charge is -2.26. The van der Waals surface area contributed by atoms with Gasteiger partial charge >= 0.3 is 6.09 Å². The van der Waals surface area contributed by atoms with Crippen molar-refractivity contribution in [1.82, 2.24) is 5.32 Å². The molecule has 22 heavy (non-hydrogen) atoms. The van der Waals surface area contributed by atoms with E-state index in [1.807, 2.05) is 0 Å². The molecule has 1 saturated heterocycles. The summed E-state index contributed by atoms with van der Waals surface area (Å²) in [5.74, 6) is 0.0346. The van der Waals surface area contributed by atoms with Crippen molar-refractivity contribution in [1.29, 1.82) is 0 Å². The van der Waals surface area contributed by atoms with Crippen molar-refractivity contribution >= 4 is 17.7 Å². The summed E-state index contributed by atoms with van der Waals surface area (Å²) in [5.41, 5.74) is -0.360. The molecule has 1 atom stereocenters. The van der Waals surface area contributed by atoms with Crippen LogP contribution in [-0.4, -0.2) is 30.2 Å². The molecule has 1 fully saturated rings. The average Bonchev–Trinajstić information content (AvgIpc) is 2.50. The van der Waals surface area contributed by atoms with E-state index in [1.165, 1.54) is 12.1 Å². The van der Waals surface area contributed by atoms with Gasteiger partial charge in [-0.15, -0.1) is 18.2 Å². The number of hydrogen-bond acceptors (Lipinski definition) is 3. The molecule has 1 aromatic carbocycles. The van der Waals surface area contributed by atoms with Crippen molar-refractivity contribution < 1.29 is 19.0 Å². The van der Waals surface area contributed by atoms with E-state index in [0.717, 1.165) is 13.0 Å². The molecule has 2 rings (SSSR count). The third kappa shape index (κ3) is 6.03. The van der Waals surface area contributed by atoms with Gasteiger partial charge in [-0.25, -0.2) is 9.18 Å². The van der Waals surface area contributed by atoms with Crippen LogP contribution in [0.1, 0.15) is 24.8 Å². The number of halogens is 2. The molecule has 0 aliphatic carbocycles. The van der Waals surface area contributed by atoms with E-state index in [4.69, 9.17) is 11.6 Å². The van der Waals surface area contributed by atoms with E-state index in [0.29, 0.717) is 30.9 Å². The molecule has 0 radical (unpaired) electrons. The lowest BCUT2D eigenvalue weighted by molar-refractivity contribution is 0.0365. The Kier molecular flexibility index (Phi) is 7.91. The van der Waals surface area contributed by atoms with E-state index in [2.05, 4.69) is 16.6 Å². The van der Waals surface area contributed by atoms with Crippen LogP contribution in [-0.2, 0) is 10.3 Å². The summed E-state index contributed by atoms with van der Waals surface area (Å²) in [7, 11) is 0. The zero-order valence-corrected chi connectivity index (χ0v) is 13.1. The number of amides is 1. The molecule has 1 aromatic rings. The fourth-order valence-electron chi connectivity index (χ4n) is 2.00. The van der Waals surface area contributed by atoms with E-state index in [9.17, 15) is 14.3 Å². The maximum absolute atomic E-state index is 12.7. The van der Waals surface area contributed by atoms with Gasteiger partial charge < -0.3 is 15.2 Å². The Morgan fingerprint density at radius 2 is 2.14 bits per heavy atom. The van der Waals surface area contributed by atoms with Crippen molar-refractivity contribution in [3.63, 3.8) is 0 Å². The van der Waals surface area contributed by atoms with Crippen LogP contribution in [0.2, 0.25) is 0 Å². The lowest BCUT2D eigenvalue weighted by Crippen LogP contribution is -2.31. The van der Waals surface area contributed by atoms with Crippen molar-refractivity contribution in [2.45, 2.75) is 24.9 Å². The third-order valence-corrected chi connectivity index (χ3v) is 3.38. The van der Waals surface area contributed by atoms with Crippen molar-refractivity contribution in [3.05, 3.63) is 48.3 Å². The molecule has 1 heterocycles. The van der Waals surface area contributed by atoms with E-state index in [-0.39, 0.29) is 11.9 Å². The van der Waals surface area contributed by atoms with E-state index in [1.54, 1.807) is 18.2 Å². The first-order valence-electron chi connectivity index (χ1n) is 7.08. The number of hydrogen-bond donors (Lipinski definition) is 2. The molecule has 1 aliphatic rings. The highest BCUT2D eigenvalue weighted by atomic mass is 35.5. The summed E-state index contributed by atoms with van der Waals surface area (Å²) >= 11 is 5.63. The van der Waals surface area contributed by atoms with Crippen molar-refractivity contribution in [3.8, 4) is 0 Å². The monoisotopic (exact) mass is 329 g/mol. The SMILES string of the molecule is C=CCC(O)(CCCl)c1ccc(F)cc1.O=C1NCCCO1. The normalized spacial score (nSPS) is 16.4. The Labute approximate surface area is 134 Å². The van der Waals surface area contributed by atoms with Crippen LogP contribution in [0.4, 0.5) is 9.18 Å². The molecule has 0 aromatic heterocycles. The van der Waals surface area contributed by atoms with Gasteiger partial charge in [0.2, 0.25) is 0 Å². The van der Waals surface area contributed by atoms with Gasteiger partial charge in [-0.2, -0.15) is 0 Å². The molecule has 0 bridgehead atoms. The minimum Gasteiger partial charge on any atom is -0.449 e. The van der Waals surface area contributed by atoms with Gasteiger partial charge in [0.25, 0.3) is 0 Å². The number of cyclic esters (lactones) is 1. The summed E-state index contributed by atoms with van der Waals surface area (Å²) in [4.78, 5) is 10.1.